The molecule has 0 radical (unpaired) electrons. The van der Waals surface area contributed by atoms with Crippen LogP contribution in [0.25, 0.3) is 0 Å². The lowest BCUT2D eigenvalue weighted by molar-refractivity contribution is -0.121. The SMILES string of the molecule is Cc1ccccc1CNC(=O)c1cccc(NC(=O)C[C@@H]2SC(N3CCCCC3)=NC2=O)c1. The number of benzene rings is 2. The molecule has 2 aliphatic heterocycles. The van der Waals surface area contributed by atoms with E-state index in [-0.39, 0.29) is 24.1 Å². The number of carbonyl (C=O) groups excluding carboxylic acids is 3. The number of aliphatic imine (C=N–C) groups is 1. The largest absolute Gasteiger partial charge is 0.351 e. The number of nitrogens with zero attached hydrogens (tertiary/aromatic N) is 2. The number of amides is 3. The van der Waals surface area contributed by atoms with E-state index in [9.17, 15) is 14.4 Å². The zero-order valence-electron chi connectivity index (χ0n) is 18.7. The van der Waals surface area contributed by atoms with Crippen molar-refractivity contribution in [2.75, 3.05) is 18.4 Å². The minimum absolute atomic E-state index is 0.0497. The van der Waals surface area contributed by atoms with Gasteiger partial charge in [-0.25, -0.2) is 0 Å². The molecule has 3 amide bonds. The number of aryl methyl sites for hydroxylation is 1. The maximum absolute atomic E-state index is 12.6. The minimum Gasteiger partial charge on any atom is -0.351 e. The quantitative estimate of drug-likeness (QED) is 0.680. The molecule has 1 fully saturated rings. The van der Waals surface area contributed by atoms with Crippen molar-refractivity contribution in [3.63, 3.8) is 0 Å². The number of amidine groups is 1. The van der Waals surface area contributed by atoms with Crippen LogP contribution in [0.1, 0.15) is 47.2 Å². The maximum atomic E-state index is 12.6. The fourth-order valence-corrected chi connectivity index (χ4v) is 5.05. The van der Waals surface area contributed by atoms with Crippen molar-refractivity contribution >= 4 is 40.3 Å². The van der Waals surface area contributed by atoms with Gasteiger partial charge in [0.25, 0.3) is 11.8 Å². The Hall–Kier alpha value is -3.13. The molecule has 0 bridgehead atoms. The summed E-state index contributed by atoms with van der Waals surface area (Å²) in [5, 5.41) is 5.97. The van der Waals surface area contributed by atoms with Gasteiger partial charge in [-0.3, -0.25) is 14.4 Å². The van der Waals surface area contributed by atoms with Crippen molar-refractivity contribution in [2.24, 2.45) is 4.99 Å². The molecule has 1 atom stereocenters. The molecule has 0 aliphatic carbocycles. The first-order valence-electron chi connectivity index (χ1n) is 11.3. The van der Waals surface area contributed by atoms with Crippen molar-refractivity contribution in [3.05, 3.63) is 65.2 Å². The first kappa shape index (κ1) is 23.0. The average molecular weight is 465 g/mol. The number of piperidine rings is 1. The third kappa shape index (κ3) is 6.01. The summed E-state index contributed by atoms with van der Waals surface area (Å²) < 4.78 is 0. The van der Waals surface area contributed by atoms with Crippen LogP contribution in [0.2, 0.25) is 0 Å². The van der Waals surface area contributed by atoms with Crippen LogP contribution in [0.3, 0.4) is 0 Å². The van der Waals surface area contributed by atoms with Crippen LogP contribution in [-0.2, 0) is 16.1 Å². The van der Waals surface area contributed by atoms with Crippen LogP contribution >= 0.6 is 11.8 Å². The topological polar surface area (TPSA) is 90.9 Å². The van der Waals surface area contributed by atoms with E-state index in [1.54, 1.807) is 24.3 Å². The molecule has 2 aliphatic rings. The van der Waals surface area contributed by atoms with Gasteiger partial charge in [0.15, 0.2) is 5.17 Å². The Kier molecular flexibility index (Phi) is 7.44. The van der Waals surface area contributed by atoms with Gasteiger partial charge in [-0.1, -0.05) is 42.1 Å². The molecule has 2 N–H and O–H groups in total. The molecule has 7 nitrogen and oxygen atoms in total. The summed E-state index contributed by atoms with van der Waals surface area (Å²) >= 11 is 1.38. The highest BCUT2D eigenvalue weighted by Gasteiger charge is 2.33. The summed E-state index contributed by atoms with van der Waals surface area (Å²) in [6.07, 6.45) is 3.47. The summed E-state index contributed by atoms with van der Waals surface area (Å²) in [6.45, 7) is 4.27. The molecule has 33 heavy (non-hydrogen) atoms. The lowest BCUT2D eigenvalue weighted by atomic mass is 10.1. The summed E-state index contributed by atoms with van der Waals surface area (Å²) in [6, 6.07) is 14.7. The summed E-state index contributed by atoms with van der Waals surface area (Å²) in [7, 11) is 0. The van der Waals surface area contributed by atoms with Gasteiger partial charge in [-0.15, -0.1) is 0 Å². The molecule has 0 spiro atoms. The van der Waals surface area contributed by atoms with E-state index in [4.69, 9.17) is 0 Å². The van der Waals surface area contributed by atoms with Gasteiger partial charge in [0, 0.05) is 37.3 Å². The second-order valence-corrected chi connectivity index (χ2v) is 9.50. The number of anilines is 1. The maximum Gasteiger partial charge on any atom is 0.262 e. The van der Waals surface area contributed by atoms with E-state index in [0.717, 1.165) is 42.2 Å². The highest BCUT2D eigenvalue weighted by Crippen LogP contribution is 2.29. The second-order valence-electron chi connectivity index (χ2n) is 8.33. The lowest BCUT2D eigenvalue weighted by Crippen LogP contribution is -2.33. The molecular formula is C25H28N4O3S. The molecule has 2 heterocycles. The highest BCUT2D eigenvalue weighted by molar-refractivity contribution is 8.15. The first-order chi connectivity index (χ1) is 16.0. The van der Waals surface area contributed by atoms with E-state index in [1.165, 1.54) is 18.2 Å². The molecule has 1 saturated heterocycles. The summed E-state index contributed by atoms with van der Waals surface area (Å²) in [5.41, 5.74) is 3.16. The van der Waals surface area contributed by atoms with Crippen LogP contribution in [0, 0.1) is 6.92 Å². The molecule has 8 heteroatoms. The second kappa shape index (κ2) is 10.7. The van der Waals surface area contributed by atoms with Crippen molar-refractivity contribution in [1.29, 1.82) is 0 Å². The molecule has 172 valence electrons. The van der Waals surface area contributed by atoms with Gasteiger partial charge in [0.05, 0.1) is 0 Å². The predicted octanol–water partition coefficient (Wildman–Crippen LogP) is 3.74. The Morgan fingerprint density at radius 2 is 1.88 bits per heavy atom. The monoisotopic (exact) mass is 464 g/mol. The molecule has 2 aromatic rings. The smallest absolute Gasteiger partial charge is 0.262 e. The van der Waals surface area contributed by atoms with E-state index in [2.05, 4.69) is 20.5 Å². The third-order valence-corrected chi connectivity index (χ3v) is 7.05. The van der Waals surface area contributed by atoms with Gasteiger partial charge in [-0.2, -0.15) is 4.99 Å². The Morgan fingerprint density at radius 1 is 1.09 bits per heavy atom. The first-order valence-corrected chi connectivity index (χ1v) is 12.1. The molecule has 2 aromatic carbocycles. The summed E-state index contributed by atoms with van der Waals surface area (Å²) in [5.74, 6) is -0.732. The van der Waals surface area contributed by atoms with Crippen molar-refractivity contribution < 1.29 is 14.4 Å². The average Bonchev–Trinajstić information content (AvgIpc) is 3.19. The Bertz CT molecular complexity index is 1080. The van der Waals surface area contributed by atoms with E-state index in [0.29, 0.717) is 17.8 Å². The number of hydrogen-bond donors (Lipinski definition) is 2. The normalized spacial score (nSPS) is 18.1. The summed E-state index contributed by atoms with van der Waals surface area (Å²) in [4.78, 5) is 43.8. The van der Waals surface area contributed by atoms with Crippen LogP contribution in [0.15, 0.2) is 53.5 Å². The van der Waals surface area contributed by atoms with Gasteiger partial charge >= 0.3 is 0 Å². The number of thioether (sulfide) groups is 1. The number of rotatable bonds is 6. The molecule has 0 unspecified atom stereocenters. The van der Waals surface area contributed by atoms with Crippen LogP contribution in [-0.4, -0.2) is 46.1 Å². The Labute approximate surface area is 198 Å². The van der Waals surface area contributed by atoms with Gasteiger partial charge < -0.3 is 15.5 Å². The van der Waals surface area contributed by atoms with Gasteiger partial charge in [-0.05, 0) is 55.5 Å². The number of hydrogen-bond acceptors (Lipinski definition) is 5. The van der Waals surface area contributed by atoms with Crippen LogP contribution in [0.4, 0.5) is 5.69 Å². The number of likely N-dealkylation sites (tertiary alicyclic amines) is 1. The Morgan fingerprint density at radius 3 is 2.67 bits per heavy atom. The fourth-order valence-electron chi connectivity index (χ4n) is 3.93. The Balaban J connectivity index is 1.30. The standard InChI is InChI=1S/C25H28N4O3S/c1-17-8-3-4-9-19(17)16-26-23(31)18-10-7-11-20(14-18)27-22(30)15-21-24(32)28-25(33-21)29-12-5-2-6-13-29/h3-4,7-11,14,21H,2,5-6,12-13,15-16H2,1H3,(H,26,31)(H,27,30)/t21-/m0/s1. The van der Waals surface area contributed by atoms with Crippen LogP contribution in [0.5, 0.6) is 0 Å². The van der Waals surface area contributed by atoms with Gasteiger partial charge in [0.2, 0.25) is 5.91 Å². The zero-order valence-corrected chi connectivity index (χ0v) is 19.5. The minimum atomic E-state index is -0.498. The number of carbonyl (C=O) groups is 3. The third-order valence-electron chi connectivity index (χ3n) is 5.84. The van der Waals surface area contributed by atoms with Gasteiger partial charge in [0.1, 0.15) is 5.25 Å². The zero-order chi connectivity index (χ0) is 23.2. The van der Waals surface area contributed by atoms with Crippen LogP contribution < -0.4 is 10.6 Å². The lowest BCUT2D eigenvalue weighted by Gasteiger charge is -2.27. The van der Waals surface area contributed by atoms with Crippen molar-refractivity contribution in [1.82, 2.24) is 10.2 Å². The fraction of sp³-hybridized carbons (Fsp3) is 0.360. The highest BCUT2D eigenvalue weighted by atomic mass is 32.2. The predicted molar refractivity (Wildman–Crippen MR) is 131 cm³/mol. The van der Waals surface area contributed by atoms with Crippen molar-refractivity contribution in [3.8, 4) is 0 Å². The molecule has 0 saturated carbocycles. The molecule has 4 rings (SSSR count). The van der Waals surface area contributed by atoms with E-state index >= 15 is 0 Å². The van der Waals surface area contributed by atoms with Crippen molar-refractivity contribution in [2.45, 2.75) is 44.4 Å². The van der Waals surface area contributed by atoms with E-state index < -0.39 is 5.25 Å². The number of nitrogens with one attached hydrogen (secondary N) is 2. The molecule has 0 aromatic heterocycles. The molecular weight excluding hydrogens is 436 g/mol. The van der Waals surface area contributed by atoms with E-state index in [1.807, 2.05) is 31.2 Å².